The zero-order chi connectivity index (χ0) is 38.3. The Balaban J connectivity index is 1.06. The van der Waals surface area contributed by atoms with Gasteiger partial charge >= 0.3 is 5.97 Å². The van der Waals surface area contributed by atoms with Crippen LogP contribution in [0.4, 0.5) is 0 Å². The van der Waals surface area contributed by atoms with Crippen molar-refractivity contribution in [2.45, 2.75) is 90.3 Å². The summed E-state index contributed by atoms with van der Waals surface area (Å²) in [5.74, 6) is 1.06. The molecule has 4 heterocycles. The Morgan fingerprint density at radius 2 is 1.67 bits per heavy atom. The number of piperidine rings is 1. The first-order valence-electron chi connectivity index (χ1n) is 19.3. The number of aromatic nitrogens is 1. The van der Waals surface area contributed by atoms with Gasteiger partial charge in [0.2, 0.25) is 0 Å². The van der Waals surface area contributed by atoms with Crippen LogP contribution in [0.25, 0.3) is 11.1 Å². The number of fused-ring (bicyclic) bond motifs is 2. The van der Waals surface area contributed by atoms with E-state index in [4.69, 9.17) is 30.5 Å². The molecule has 1 N–H and O–H groups in total. The summed E-state index contributed by atoms with van der Waals surface area (Å²) >= 11 is 6.88. The van der Waals surface area contributed by atoms with E-state index in [2.05, 4.69) is 60.1 Å². The molecule has 0 aliphatic carbocycles. The SMILES string of the molecule is Cc1c(COc2cc(OCc3cncc(C#N)c3)c(CN3CCCC[C@H]3C(=O)O)cc2Cl)cccc1-c1cccc(OCCCN2C3CCC2COC3)c1C. The van der Waals surface area contributed by atoms with E-state index in [1.54, 1.807) is 18.3 Å². The van der Waals surface area contributed by atoms with Crippen LogP contribution in [-0.4, -0.2) is 76.9 Å². The average molecular weight is 765 g/mol. The molecule has 7 rings (SSSR count). The normalized spacial score (nSPS) is 19.9. The number of halogens is 1. The number of carbonyl (C=O) groups is 1. The van der Waals surface area contributed by atoms with Crippen LogP contribution < -0.4 is 14.2 Å². The number of ether oxygens (including phenoxy) is 4. The van der Waals surface area contributed by atoms with Gasteiger partial charge in [0.05, 0.1) is 30.4 Å². The zero-order valence-electron chi connectivity index (χ0n) is 31.6. The van der Waals surface area contributed by atoms with Gasteiger partial charge in [-0.05, 0) is 98.5 Å². The fraction of sp³-hybridized carbons (Fsp3) is 0.432. The lowest BCUT2D eigenvalue weighted by molar-refractivity contribution is -0.144. The molecule has 0 saturated carbocycles. The van der Waals surface area contributed by atoms with Crippen molar-refractivity contribution >= 4 is 17.6 Å². The molecule has 0 radical (unpaired) electrons. The molecular weight excluding hydrogens is 716 g/mol. The van der Waals surface area contributed by atoms with Crippen molar-refractivity contribution in [2.75, 3.05) is 32.9 Å². The molecule has 4 aromatic rings. The molecule has 3 aliphatic heterocycles. The third kappa shape index (κ3) is 9.08. The van der Waals surface area contributed by atoms with Crippen molar-refractivity contribution in [2.24, 2.45) is 0 Å². The van der Waals surface area contributed by atoms with Crippen molar-refractivity contribution in [1.29, 1.82) is 5.26 Å². The van der Waals surface area contributed by atoms with Gasteiger partial charge in [-0.1, -0.05) is 48.4 Å². The maximum absolute atomic E-state index is 12.1. The molecule has 3 fully saturated rings. The summed E-state index contributed by atoms with van der Waals surface area (Å²) in [6.07, 6.45) is 9.01. The van der Waals surface area contributed by atoms with E-state index < -0.39 is 12.0 Å². The van der Waals surface area contributed by atoms with Gasteiger partial charge in [-0.15, -0.1) is 0 Å². The number of pyridine rings is 1. The highest BCUT2D eigenvalue weighted by Gasteiger charge is 2.36. The molecule has 3 aliphatic rings. The molecule has 0 spiro atoms. The number of carboxylic acids is 1. The largest absolute Gasteiger partial charge is 0.493 e. The fourth-order valence-corrected chi connectivity index (χ4v) is 8.51. The number of morpholine rings is 1. The topological polar surface area (TPSA) is 117 Å². The number of carboxylic acid groups (broad SMARTS) is 1. The summed E-state index contributed by atoms with van der Waals surface area (Å²) in [5.41, 5.74) is 7.39. The second-order valence-corrected chi connectivity index (χ2v) is 15.3. The number of rotatable bonds is 15. The quantitative estimate of drug-likeness (QED) is 0.119. The van der Waals surface area contributed by atoms with Crippen LogP contribution in [0.3, 0.4) is 0 Å². The maximum atomic E-state index is 12.1. The number of hydrogen-bond acceptors (Lipinski definition) is 9. The van der Waals surface area contributed by atoms with Gasteiger partial charge < -0.3 is 24.1 Å². The highest BCUT2D eigenvalue weighted by Crippen LogP contribution is 2.38. The van der Waals surface area contributed by atoms with E-state index >= 15 is 0 Å². The number of benzene rings is 3. The van der Waals surface area contributed by atoms with E-state index in [1.165, 1.54) is 19.0 Å². The van der Waals surface area contributed by atoms with Crippen LogP contribution >= 0.6 is 11.6 Å². The molecular formula is C44H49ClN4O6. The number of aliphatic carboxylic acids is 1. The Bertz CT molecular complexity index is 2020. The lowest BCUT2D eigenvalue weighted by Crippen LogP contribution is -2.46. The molecule has 3 aromatic carbocycles. The van der Waals surface area contributed by atoms with Crippen molar-refractivity contribution in [3.63, 3.8) is 0 Å². The summed E-state index contributed by atoms with van der Waals surface area (Å²) in [4.78, 5) is 20.8. The third-order valence-electron chi connectivity index (χ3n) is 11.3. The Hall–Kier alpha value is -4.66. The van der Waals surface area contributed by atoms with Gasteiger partial charge in [-0.3, -0.25) is 19.6 Å². The van der Waals surface area contributed by atoms with Crippen LogP contribution in [0.2, 0.25) is 5.02 Å². The number of nitriles is 1. The Labute approximate surface area is 328 Å². The second-order valence-electron chi connectivity index (χ2n) is 14.9. The van der Waals surface area contributed by atoms with Crippen LogP contribution in [0.5, 0.6) is 17.2 Å². The number of likely N-dealkylation sites (tertiary alicyclic amines) is 1. The first kappa shape index (κ1) is 38.6. The smallest absolute Gasteiger partial charge is 0.320 e. The highest BCUT2D eigenvalue weighted by molar-refractivity contribution is 6.32. The van der Waals surface area contributed by atoms with Crippen LogP contribution in [0, 0.1) is 25.2 Å². The van der Waals surface area contributed by atoms with Crippen LogP contribution in [-0.2, 0) is 29.3 Å². The standard InChI is InChI=1S/C44H49ClN4O6/c1-29-33(8-5-9-37(29)38-10-6-12-41(30(38)2)53-17-7-16-49-35-13-14-36(49)28-52-27-35)26-55-43-20-42(54-25-32-18-31(21-46)22-47-23-32)34(19-39(43)45)24-48-15-4-3-11-40(48)44(50)51/h5-6,8-10,12,18-20,22-23,35-36,40H,3-4,7,11,13-17,24-28H2,1-2H3,(H,50,51)/t35?,36?,40-/m0/s1. The Kier molecular flexibility index (Phi) is 12.5. The minimum absolute atomic E-state index is 0.164. The van der Waals surface area contributed by atoms with Crippen molar-refractivity contribution < 1.29 is 28.8 Å². The first-order valence-corrected chi connectivity index (χ1v) is 19.7. The molecule has 2 bridgehead atoms. The van der Waals surface area contributed by atoms with Crippen molar-refractivity contribution in [3.8, 4) is 34.4 Å². The predicted octanol–water partition coefficient (Wildman–Crippen LogP) is 8.12. The molecule has 3 saturated heterocycles. The maximum Gasteiger partial charge on any atom is 0.320 e. The number of hydrogen-bond donors (Lipinski definition) is 1. The summed E-state index contributed by atoms with van der Waals surface area (Å²) in [6, 6.07) is 20.5. The summed E-state index contributed by atoms with van der Waals surface area (Å²) < 4.78 is 24.8. The molecule has 0 amide bonds. The molecule has 10 nitrogen and oxygen atoms in total. The lowest BCUT2D eigenvalue weighted by Gasteiger charge is -2.34. The van der Waals surface area contributed by atoms with E-state index in [0.717, 1.165) is 83.7 Å². The van der Waals surface area contributed by atoms with Crippen LogP contribution in [0.1, 0.15) is 71.9 Å². The monoisotopic (exact) mass is 764 g/mol. The molecule has 55 heavy (non-hydrogen) atoms. The third-order valence-corrected chi connectivity index (χ3v) is 11.6. The van der Waals surface area contributed by atoms with E-state index in [-0.39, 0.29) is 13.2 Å². The summed E-state index contributed by atoms with van der Waals surface area (Å²) in [6.45, 7) is 9.10. The van der Waals surface area contributed by atoms with Gasteiger partial charge in [0.25, 0.3) is 0 Å². The lowest BCUT2D eigenvalue weighted by atomic mass is 9.93. The van der Waals surface area contributed by atoms with E-state index in [0.29, 0.717) is 60.3 Å². The molecule has 3 atom stereocenters. The fourth-order valence-electron chi connectivity index (χ4n) is 8.27. The van der Waals surface area contributed by atoms with Gasteiger partial charge in [0.15, 0.2) is 0 Å². The summed E-state index contributed by atoms with van der Waals surface area (Å²) in [5, 5.41) is 19.7. The van der Waals surface area contributed by atoms with Crippen molar-refractivity contribution in [3.05, 3.63) is 105 Å². The molecule has 2 unspecified atom stereocenters. The highest BCUT2D eigenvalue weighted by atomic mass is 35.5. The zero-order valence-corrected chi connectivity index (χ0v) is 32.4. The van der Waals surface area contributed by atoms with E-state index in [1.807, 2.05) is 17.0 Å². The Morgan fingerprint density at radius 3 is 2.45 bits per heavy atom. The van der Waals surface area contributed by atoms with Crippen molar-refractivity contribution in [1.82, 2.24) is 14.8 Å². The Morgan fingerprint density at radius 1 is 0.909 bits per heavy atom. The molecule has 11 heteroatoms. The second kappa shape index (κ2) is 17.9. The minimum atomic E-state index is -0.828. The predicted molar refractivity (Wildman–Crippen MR) is 211 cm³/mol. The van der Waals surface area contributed by atoms with Gasteiger partial charge in [0.1, 0.15) is 42.6 Å². The molecule has 288 valence electrons. The molecule has 1 aromatic heterocycles. The van der Waals surface area contributed by atoms with E-state index in [9.17, 15) is 15.2 Å². The minimum Gasteiger partial charge on any atom is -0.493 e. The van der Waals surface area contributed by atoms with Gasteiger partial charge in [-0.2, -0.15) is 5.26 Å². The van der Waals surface area contributed by atoms with Crippen LogP contribution in [0.15, 0.2) is 67.0 Å². The summed E-state index contributed by atoms with van der Waals surface area (Å²) in [7, 11) is 0. The van der Waals surface area contributed by atoms with Gasteiger partial charge in [-0.25, -0.2) is 0 Å². The average Bonchev–Trinajstić information content (AvgIpc) is 3.40. The van der Waals surface area contributed by atoms with Gasteiger partial charge in [0, 0.05) is 54.8 Å². The first-order chi connectivity index (χ1) is 26.8. The number of nitrogens with zero attached hydrogens (tertiary/aromatic N) is 4.